The third-order valence-corrected chi connectivity index (χ3v) is 7.45. The second-order valence-corrected chi connectivity index (χ2v) is 9.52. The molecule has 2 N–H and O–H groups in total. The molecule has 144 valence electrons. The van der Waals surface area contributed by atoms with Gasteiger partial charge in [0.15, 0.2) is 15.9 Å². The molecule has 1 aromatic rings. The first kappa shape index (κ1) is 19.1. The molecule has 2 fully saturated rings. The van der Waals surface area contributed by atoms with Crippen molar-refractivity contribution in [3.63, 3.8) is 0 Å². The molecule has 0 saturated carbocycles. The van der Waals surface area contributed by atoms with E-state index in [9.17, 15) is 13.2 Å². The average molecular weight is 383 g/mol. The highest BCUT2D eigenvalue weighted by Gasteiger charge is 2.39. The van der Waals surface area contributed by atoms with E-state index in [0.29, 0.717) is 13.0 Å². The Morgan fingerprint density at radius 3 is 2.65 bits per heavy atom. The van der Waals surface area contributed by atoms with Crippen molar-refractivity contribution < 1.29 is 23.1 Å². The first-order valence-electron chi connectivity index (χ1n) is 9.48. The first-order valence-corrected chi connectivity index (χ1v) is 11.3. The Kier molecular flexibility index (Phi) is 5.82. The maximum absolute atomic E-state index is 13.0. The smallest absolute Gasteiger partial charge is 0.280 e. The van der Waals surface area contributed by atoms with Crippen LogP contribution < -0.4 is 14.8 Å². The molecular weight excluding hydrogens is 352 g/mol. The van der Waals surface area contributed by atoms with Crippen LogP contribution in [-0.4, -0.2) is 75.5 Å². The standard InChI is InChI=1S/C18H28N4O3S/c1-3-22(16-7-13-26(24,25)14-16)18(23)15(2)20-9-11-21(12-10-20)17-6-4-5-8-19-17/h4-6,8,15-16H,3,7,9-14H2,1-2H3/p+2/t15-,16+/m1/s1. The minimum absolute atomic E-state index is 0.0873. The predicted molar refractivity (Wildman–Crippen MR) is 99.8 cm³/mol. The number of aromatic amines is 1. The summed E-state index contributed by atoms with van der Waals surface area (Å²) in [6.07, 6.45) is 2.50. The third-order valence-electron chi connectivity index (χ3n) is 5.69. The van der Waals surface area contributed by atoms with Gasteiger partial charge in [-0.05, 0) is 26.3 Å². The molecule has 3 heterocycles. The Morgan fingerprint density at radius 1 is 1.38 bits per heavy atom. The van der Waals surface area contributed by atoms with Gasteiger partial charge in [0.05, 0.1) is 17.7 Å². The minimum Gasteiger partial charge on any atom is -0.334 e. The molecule has 0 bridgehead atoms. The van der Waals surface area contributed by atoms with Crippen molar-refractivity contribution in [1.82, 2.24) is 4.90 Å². The summed E-state index contributed by atoms with van der Waals surface area (Å²) in [4.78, 5) is 21.7. The van der Waals surface area contributed by atoms with Gasteiger partial charge in [-0.3, -0.25) is 9.69 Å². The molecule has 3 rings (SSSR count). The Morgan fingerprint density at radius 2 is 2.12 bits per heavy atom. The molecule has 0 spiro atoms. The van der Waals surface area contributed by atoms with Gasteiger partial charge in [0.1, 0.15) is 26.2 Å². The van der Waals surface area contributed by atoms with Crippen molar-refractivity contribution in [2.24, 2.45) is 0 Å². The summed E-state index contributed by atoms with van der Waals surface area (Å²) >= 11 is 0. The van der Waals surface area contributed by atoms with Crippen molar-refractivity contribution in [2.45, 2.75) is 32.4 Å². The van der Waals surface area contributed by atoms with E-state index < -0.39 is 9.84 Å². The quantitative estimate of drug-likeness (QED) is 0.682. The molecule has 2 aliphatic heterocycles. The van der Waals surface area contributed by atoms with Crippen LogP contribution in [0.5, 0.6) is 0 Å². The minimum atomic E-state index is -2.98. The van der Waals surface area contributed by atoms with Gasteiger partial charge in [-0.15, -0.1) is 0 Å². The van der Waals surface area contributed by atoms with Crippen molar-refractivity contribution >= 4 is 21.6 Å². The van der Waals surface area contributed by atoms with Crippen LogP contribution in [0.15, 0.2) is 24.4 Å². The number of hydrogen-bond donors (Lipinski definition) is 1. The molecule has 0 unspecified atom stereocenters. The van der Waals surface area contributed by atoms with E-state index in [2.05, 4.69) is 16.0 Å². The van der Waals surface area contributed by atoms with Gasteiger partial charge < -0.3 is 9.80 Å². The third kappa shape index (κ3) is 4.17. The first-order chi connectivity index (χ1) is 12.4. The van der Waals surface area contributed by atoms with E-state index in [4.69, 9.17) is 0 Å². The summed E-state index contributed by atoms with van der Waals surface area (Å²) in [7, 11) is -2.98. The zero-order valence-corrected chi connectivity index (χ0v) is 16.5. The fourth-order valence-electron chi connectivity index (χ4n) is 4.09. The number of nitrogens with one attached hydrogen (secondary N) is 2. The van der Waals surface area contributed by atoms with Gasteiger partial charge in [0.2, 0.25) is 0 Å². The van der Waals surface area contributed by atoms with E-state index in [1.165, 1.54) is 4.90 Å². The van der Waals surface area contributed by atoms with Crippen LogP contribution in [0.2, 0.25) is 0 Å². The number of piperazine rings is 1. The number of anilines is 1. The van der Waals surface area contributed by atoms with Crippen LogP contribution in [0.4, 0.5) is 5.82 Å². The monoisotopic (exact) mass is 382 g/mol. The number of sulfone groups is 1. The average Bonchev–Trinajstić information content (AvgIpc) is 3.02. The van der Waals surface area contributed by atoms with Crippen LogP contribution in [0.3, 0.4) is 0 Å². The van der Waals surface area contributed by atoms with Gasteiger partial charge in [0.25, 0.3) is 11.7 Å². The zero-order chi connectivity index (χ0) is 18.7. The highest BCUT2D eigenvalue weighted by molar-refractivity contribution is 7.91. The van der Waals surface area contributed by atoms with Crippen molar-refractivity contribution in [1.29, 1.82) is 0 Å². The van der Waals surface area contributed by atoms with Crippen molar-refractivity contribution in [3.05, 3.63) is 24.4 Å². The number of hydrogen-bond acceptors (Lipinski definition) is 4. The van der Waals surface area contributed by atoms with E-state index in [1.54, 1.807) is 4.90 Å². The van der Waals surface area contributed by atoms with Crippen LogP contribution in [0.1, 0.15) is 20.3 Å². The summed E-state index contributed by atoms with van der Waals surface area (Å²) in [6.45, 7) is 8.09. The second kappa shape index (κ2) is 7.92. The Hall–Kier alpha value is -1.67. The van der Waals surface area contributed by atoms with Crippen LogP contribution in [0, 0.1) is 0 Å². The van der Waals surface area contributed by atoms with Crippen LogP contribution in [0.25, 0.3) is 0 Å². The van der Waals surface area contributed by atoms with Gasteiger partial charge in [-0.1, -0.05) is 6.07 Å². The molecule has 2 aliphatic rings. The maximum atomic E-state index is 13.0. The fraction of sp³-hybridized carbons (Fsp3) is 0.667. The molecule has 26 heavy (non-hydrogen) atoms. The molecular formula is C18H30N4O3S+2. The van der Waals surface area contributed by atoms with E-state index in [-0.39, 0.29) is 29.5 Å². The molecule has 1 amide bonds. The second-order valence-electron chi connectivity index (χ2n) is 7.30. The predicted octanol–water partition coefficient (Wildman–Crippen LogP) is -1.37. The Balaban J connectivity index is 1.58. The number of rotatable bonds is 5. The molecule has 2 saturated heterocycles. The Bertz CT molecular complexity index is 717. The summed E-state index contributed by atoms with van der Waals surface area (Å²) in [5.41, 5.74) is 0. The summed E-state index contributed by atoms with van der Waals surface area (Å²) in [6, 6.07) is 5.76. The fourth-order valence-corrected chi connectivity index (χ4v) is 5.82. The number of pyridine rings is 1. The molecule has 1 aromatic heterocycles. The molecule has 8 heteroatoms. The molecule has 7 nitrogen and oxygen atoms in total. The van der Waals surface area contributed by atoms with Gasteiger partial charge in [0, 0.05) is 18.7 Å². The number of quaternary nitrogens is 1. The van der Waals surface area contributed by atoms with Gasteiger partial charge >= 0.3 is 0 Å². The topological polar surface area (TPSA) is 76.3 Å². The summed E-state index contributed by atoms with van der Waals surface area (Å²) < 4.78 is 23.5. The highest BCUT2D eigenvalue weighted by atomic mass is 32.2. The van der Waals surface area contributed by atoms with Gasteiger partial charge in [-0.2, -0.15) is 0 Å². The van der Waals surface area contributed by atoms with E-state index >= 15 is 0 Å². The van der Waals surface area contributed by atoms with Crippen molar-refractivity contribution in [3.8, 4) is 0 Å². The number of carbonyl (C=O) groups excluding carboxylic acids is 1. The largest absolute Gasteiger partial charge is 0.334 e. The lowest BCUT2D eigenvalue weighted by Gasteiger charge is -2.35. The highest BCUT2D eigenvalue weighted by Crippen LogP contribution is 2.18. The number of nitrogens with zero attached hydrogens (tertiary/aromatic N) is 2. The SMILES string of the molecule is CCN(C(=O)[C@@H](C)[NH+]1CCN(c2cccc[nH+]2)CC1)[C@H]1CCS(=O)(=O)C1. The number of amides is 1. The lowest BCUT2D eigenvalue weighted by Crippen LogP contribution is -3.19. The number of likely N-dealkylation sites (N-methyl/N-ethyl adjacent to an activating group) is 1. The number of carbonyl (C=O) groups is 1. The maximum Gasteiger partial charge on any atom is 0.280 e. The van der Waals surface area contributed by atoms with Crippen LogP contribution >= 0.6 is 0 Å². The van der Waals surface area contributed by atoms with E-state index in [1.807, 2.05) is 32.2 Å². The molecule has 0 aromatic carbocycles. The normalized spacial score (nSPS) is 24.4. The molecule has 2 atom stereocenters. The lowest BCUT2D eigenvalue weighted by atomic mass is 10.1. The molecule has 0 radical (unpaired) electrons. The zero-order valence-electron chi connectivity index (χ0n) is 15.6. The Labute approximate surface area is 155 Å². The number of H-pyrrole nitrogens is 1. The number of aromatic nitrogens is 1. The van der Waals surface area contributed by atoms with E-state index in [0.717, 1.165) is 32.0 Å². The summed E-state index contributed by atoms with van der Waals surface area (Å²) in [5, 5.41) is 0. The summed E-state index contributed by atoms with van der Waals surface area (Å²) in [5.74, 6) is 1.52. The lowest BCUT2D eigenvalue weighted by molar-refractivity contribution is -0.915. The van der Waals surface area contributed by atoms with Gasteiger partial charge in [-0.25, -0.2) is 13.4 Å². The molecule has 0 aliphatic carbocycles. The van der Waals surface area contributed by atoms with Crippen LogP contribution in [-0.2, 0) is 14.6 Å². The van der Waals surface area contributed by atoms with Crippen molar-refractivity contribution in [2.75, 3.05) is 49.1 Å².